The zero-order valence-corrected chi connectivity index (χ0v) is 25.9. The topological polar surface area (TPSA) is 79.8 Å². The van der Waals surface area contributed by atoms with E-state index in [0.29, 0.717) is 28.2 Å². The SMILES string of the molecule is COc1cc(C=C2SC(N3CCCC(c4nc5cc(C)ccc5[nH]4)C3)=NC2=O)ccc1OCc1ccc(C(F)(F)F)cc1C(F)(F)F. The number of aromatic amines is 1. The lowest BCUT2D eigenvalue weighted by Gasteiger charge is -2.32. The lowest BCUT2D eigenvalue weighted by Crippen LogP contribution is -2.37. The van der Waals surface area contributed by atoms with Crippen LogP contribution >= 0.6 is 11.8 Å². The number of aliphatic imine (C=N–C) groups is 1. The largest absolute Gasteiger partial charge is 0.493 e. The molecule has 1 atom stereocenters. The first-order chi connectivity index (χ1) is 22.3. The first kappa shape index (κ1) is 32.5. The van der Waals surface area contributed by atoms with Gasteiger partial charge in [0.25, 0.3) is 5.91 Å². The summed E-state index contributed by atoms with van der Waals surface area (Å²) < 4.78 is 90.7. The van der Waals surface area contributed by atoms with Crippen molar-refractivity contribution >= 4 is 39.9 Å². The molecule has 47 heavy (non-hydrogen) atoms. The molecule has 1 aromatic heterocycles. The number of hydrogen-bond acceptors (Lipinski definition) is 6. The Balaban J connectivity index is 1.14. The van der Waals surface area contributed by atoms with E-state index in [0.717, 1.165) is 47.9 Å². The van der Waals surface area contributed by atoms with Crippen LogP contribution in [0.5, 0.6) is 11.5 Å². The lowest BCUT2D eigenvalue weighted by atomic mass is 9.98. The number of alkyl halides is 6. The van der Waals surface area contributed by atoms with Crippen LogP contribution in [0, 0.1) is 6.92 Å². The van der Waals surface area contributed by atoms with E-state index >= 15 is 0 Å². The van der Waals surface area contributed by atoms with Crippen molar-refractivity contribution in [3.8, 4) is 11.5 Å². The molecule has 0 bridgehead atoms. The van der Waals surface area contributed by atoms with Gasteiger partial charge in [-0.25, -0.2) is 4.98 Å². The maximum Gasteiger partial charge on any atom is 0.416 e. The van der Waals surface area contributed by atoms with E-state index in [9.17, 15) is 31.1 Å². The van der Waals surface area contributed by atoms with Crippen LogP contribution in [-0.4, -0.2) is 46.1 Å². The Kier molecular flexibility index (Phi) is 8.72. The first-order valence-electron chi connectivity index (χ1n) is 14.6. The summed E-state index contributed by atoms with van der Waals surface area (Å²) in [5, 5.41) is 0.599. The van der Waals surface area contributed by atoms with Gasteiger partial charge in [0, 0.05) is 24.6 Å². The lowest BCUT2D eigenvalue weighted by molar-refractivity contribution is -0.143. The highest BCUT2D eigenvalue weighted by Gasteiger charge is 2.38. The average molecular weight is 675 g/mol. The van der Waals surface area contributed by atoms with Gasteiger partial charge in [0.15, 0.2) is 16.7 Å². The number of amidine groups is 1. The van der Waals surface area contributed by atoms with Crippen LogP contribution in [-0.2, 0) is 23.8 Å². The molecule has 246 valence electrons. The summed E-state index contributed by atoms with van der Waals surface area (Å²) in [5.74, 6) is 0.895. The van der Waals surface area contributed by atoms with Crippen molar-refractivity contribution in [2.75, 3.05) is 20.2 Å². The molecular formula is C33H28F6N4O3S. The number of hydrogen-bond donors (Lipinski definition) is 1. The van der Waals surface area contributed by atoms with Crippen LogP contribution < -0.4 is 9.47 Å². The number of fused-ring (bicyclic) bond motifs is 1. The number of ether oxygens (including phenoxy) is 2. The number of methoxy groups -OCH3 is 1. The van der Waals surface area contributed by atoms with E-state index in [1.54, 1.807) is 18.2 Å². The molecule has 0 spiro atoms. The highest BCUT2D eigenvalue weighted by atomic mass is 32.2. The van der Waals surface area contributed by atoms with E-state index in [-0.39, 0.29) is 23.5 Å². The second-order valence-corrected chi connectivity index (χ2v) is 12.3. The molecule has 4 aromatic rings. The molecular weight excluding hydrogens is 646 g/mol. The molecule has 1 saturated heterocycles. The van der Waals surface area contributed by atoms with Crippen molar-refractivity contribution < 1.29 is 40.6 Å². The number of likely N-dealkylation sites (tertiary alicyclic amines) is 1. The number of halogens is 6. The Morgan fingerprint density at radius 2 is 1.83 bits per heavy atom. The Morgan fingerprint density at radius 3 is 2.57 bits per heavy atom. The maximum atomic E-state index is 13.6. The zero-order valence-electron chi connectivity index (χ0n) is 25.1. The summed E-state index contributed by atoms with van der Waals surface area (Å²) in [4.78, 5) is 27.9. The predicted molar refractivity (Wildman–Crippen MR) is 166 cm³/mol. The van der Waals surface area contributed by atoms with E-state index in [4.69, 9.17) is 14.5 Å². The number of carbonyl (C=O) groups excluding carboxylic acids is 1. The summed E-state index contributed by atoms with van der Waals surface area (Å²) in [6.07, 6.45) is -6.45. The predicted octanol–water partition coefficient (Wildman–Crippen LogP) is 8.35. The van der Waals surface area contributed by atoms with E-state index in [1.807, 2.05) is 25.1 Å². The Hall–Kier alpha value is -4.46. The quantitative estimate of drug-likeness (QED) is 0.164. The highest BCUT2D eigenvalue weighted by Crippen LogP contribution is 2.39. The molecule has 0 aliphatic carbocycles. The molecule has 0 saturated carbocycles. The summed E-state index contributed by atoms with van der Waals surface area (Å²) in [7, 11) is 1.34. The summed E-state index contributed by atoms with van der Waals surface area (Å²) >= 11 is 1.25. The Bertz CT molecular complexity index is 1900. The maximum absolute atomic E-state index is 13.6. The number of nitrogens with one attached hydrogen (secondary N) is 1. The van der Waals surface area contributed by atoms with Crippen molar-refractivity contribution in [3.05, 3.63) is 93.1 Å². The van der Waals surface area contributed by atoms with Crippen LogP contribution in [0.1, 0.15) is 52.4 Å². The molecule has 0 radical (unpaired) electrons. The molecule has 3 aromatic carbocycles. The Morgan fingerprint density at radius 1 is 1.02 bits per heavy atom. The first-order valence-corrected chi connectivity index (χ1v) is 15.4. The van der Waals surface area contributed by atoms with Crippen molar-refractivity contribution in [2.24, 2.45) is 4.99 Å². The van der Waals surface area contributed by atoms with Crippen LogP contribution in [0.3, 0.4) is 0 Å². The Labute approximate surface area is 269 Å². The molecule has 1 N–H and O–H groups in total. The minimum Gasteiger partial charge on any atom is -0.493 e. The minimum atomic E-state index is -5.02. The third-order valence-corrected chi connectivity index (χ3v) is 9.00. The molecule has 1 amide bonds. The fraction of sp³-hybridized carbons (Fsp3) is 0.303. The smallest absolute Gasteiger partial charge is 0.416 e. The number of aryl methyl sites for hydroxylation is 1. The fourth-order valence-corrected chi connectivity index (χ4v) is 6.53. The van der Waals surface area contributed by atoms with E-state index in [1.165, 1.54) is 24.9 Å². The number of amides is 1. The van der Waals surface area contributed by atoms with Gasteiger partial charge >= 0.3 is 12.4 Å². The van der Waals surface area contributed by atoms with E-state index < -0.39 is 41.6 Å². The van der Waals surface area contributed by atoms with Gasteiger partial charge in [0.05, 0.1) is 34.2 Å². The van der Waals surface area contributed by atoms with Gasteiger partial charge in [-0.3, -0.25) is 4.79 Å². The number of imidazole rings is 1. The number of nitrogens with zero attached hydrogens (tertiary/aromatic N) is 3. The van der Waals surface area contributed by atoms with Gasteiger partial charge in [-0.05, 0) is 85.1 Å². The summed E-state index contributed by atoms with van der Waals surface area (Å²) in [5.41, 5.74) is 0.278. The third-order valence-electron chi connectivity index (χ3n) is 7.96. The van der Waals surface area contributed by atoms with Crippen LogP contribution in [0.15, 0.2) is 64.5 Å². The second kappa shape index (κ2) is 12.6. The van der Waals surface area contributed by atoms with Crippen molar-refractivity contribution in [1.29, 1.82) is 0 Å². The number of piperidine rings is 1. The van der Waals surface area contributed by atoms with Crippen LogP contribution in [0.4, 0.5) is 26.3 Å². The monoisotopic (exact) mass is 674 g/mol. The molecule has 6 rings (SSSR count). The molecule has 1 unspecified atom stereocenters. The second-order valence-electron chi connectivity index (χ2n) is 11.3. The number of rotatable bonds is 6. The van der Waals surface area contributed by atoms with Crippen LogP contribution in [0.2, 0.25) is 0 Å². The normalized spacial score (nSPS) is 18.3. The van der Waals surface area contributed by atoms with Gasteiger partial charge in [-0.1, -0.05) is 18.2 Å². The van der Waals surface area contributed by atoms with Gasteiger partial charge in [0.2, 0.25) is 0 Å². The standard InChI is InChI=1S/C33H28F6N4O3S/c1-18-5-9-24-25(12-18)41-29(40-24)20-4-3-11-43(16-20)31-42-30(44)28(47-31)14-19-6-10-26(27(13-19)45-2)46-17-21-7-8-22(32(34,35)36)15-23(21)33(37,38)39/h5-10,12-15,20H,3-4,11,16-17H2,1-2H3,(H,40,41). The molecule has 2 aliphatic rings. The van der Waals surface area contributed by atoms with Crippen molar-refractivity contribution in [3.63, 3.8) is 0 Å². The molecule has 7 nitrogen and oxygen atoms in total. The summed E-state index contributed by atoms with van der Waals surface area (Å²) in [6.45, 7) is 2.77. The van der Waals surface area contributed by atoms with Gasteiger partial charge in [-0.2, -0.15) is 31.3 Å². The minimum absolute atomic E-state index is 0.0709. The number of aromatic nitrogens is 2. The number of H-pyrrole nitrogens is 1. The number of benzene rings is 3. The van der Waals surface area contributed by atoms with Crippen LogP contribution in [0.25, 0.3) is 17.1 Å². The summed E-state index contributed by atoms with van der Waals surface area (Å²) in [6, 6.07) is 12.1. The van der Waals surface area contributed by atoms with Crippen molar-refractivity contribution in [2.45, 2.75) is 44.6 Å². The number of carbonyl (C=O) groups is 1. The third kappa shape index (κ3) is 7.11. The molecule has 2 aliphatic heterocycles. The van der Waals surface area contributed by atoms with Gasteiger partial charge in [0.1, 0.15) is 12.4 Å². The fourth-order valence-electron chi connectivity index (χ4n) is 5.58. The van der Waals surface area contributed by atoms with Gasteiger partial charge in [-0.15, -0.1) is 0 Å². The molecule has 3 heterocycles. The molecule has 1 fully saturated rings. The highest BCUT2D eigenvalue weighted by molar-refractivity contribution is 8.18. The molecule has 14 heteroatoms. The van der Waals surface area contributed by atoms with Gasteiger partial charge < -0.3 is 19.4 Å². The average Bonchev–Trinajstić information content (AvgIpc) is 3.62. The van der Waals surface area contributed by atoms with E-state index in [2.05, 4.69) is 14.9 Å². The number of thioether (sulfide) groups is 1. The zero-order chi connectivity index (χ0) is 33.5. The van der Waals surface area contributed by atoms with Crippen molar-refractivity contribution in [1.82, 2.24) is 14.9 Å².